The second-order valence-corrected chi connectivity index (χ2v) is 7.36. The molecule has 0 aliphatic carbocycles. The summed E-state index contributed by atoms with van der Waals surface area (Å²) in [6, 6.07) is 10.8. The number of alkyl halides is 3. The average Bonchev–Trinajstić information content (AvgIpc) is 3.26. The summed E-state index contributed by atoms with van der Waals surface area (Å²) in [7, 11) is 0. The number of aldehydes is 2. The molecule has 3 aromatic rings. The molecule has 0 unspecified atom stereocenters. The number of halogens is 3. The summed E-state index contributed by atoms with van der Waals surface area (Å²) in [6.45, 7) is -0.0764. The first kappa shape index (κ1) is 21.6. The van der Waals surface area contributed by atoms with E-state index in [2.05, 4.69) is 0 Å². The molecule has 1 aliphatic heterocycles. The molecular formula is C22H17F3N2O5. The number of nitrogens with zero attached hydrogens (tertiary/aromatic N) is 1. The van der Waals surface area contributed by atoms with Gasteiger partial charge in [-0.1, -0.05) is 30.3 Å². The Morgan fingerprint density at radius 2 is 1.91 bits per heavy atom. The molecule has 1 amide bonds. The number of aliphatic hydroxyl groups is 1. The molecule has 0 fully saturated rings. The summed E-state index contributed by atoms with van der Waals surface area (Å²) in [4.78, 5) is 34.8. The van der Waals surface area contributed by atoms with E-state index < -0.39 is 24.2 Å². The number of aliphatic hydroxyl groups excluding tert-OH is 1. The number of hydrogen-bond donors (Lipinski definition) is 2. The molecule has 7 nitrogen and oxygen atoms in total. The highest BCUT2D eigenvalue weighted by atomic mass is 19.4. The number of amides is 1. The fourth-order valence-electron chi connectivity index (χ4n) is 3.92. The predicted molar refractivity (Wildman–Crippen MR) is 106 cm³/mol. The number of aromatic nitrogens is 1. The van der Waals surface area contributed by atoms with Gasteiger partial charge in [0.1, 0.15) is 24.7 Å². The van der Waals surface area contributed by atoms with Crippen LogP contribution in [0.3, 0.4) is 0 Å². The molecule has 166 valence electrons. The first-order valence-corrected chi connectivity index (χ1v) is 9.57. The van der Waals surface area contributed by atoms with Crippen LogP contribution in [0.5, 0.6) is 5.75 Å². The number of nitrogens with one attached hydrogen (secondary N) is 1. The fraction of sp³-hybridized carbons (Fsp3) is 0.227. The van der Waals surface area contributed by atoms with Gasteiger partial charge in [-0.05, 0) is 17.7 Å². The molecule has 1 aromatic heterocycles. The fourth-order valence-corrected chi connectivity index (χ4v) is 3.92. The van der Waals surface area contributed by atoms with Crippen LogP contribution in [0.1, 0.15) is 38.1 Å². The zero-order valence-electron chi connectivity index (χ0n) is 16.4. The summed E-state index contributed by atoms with van der Waals surface area (Å²) in [5.41, 5.74) is 1.46. The number of fused-ring (bicyclic) bond motifs is 3. The van der Waals surface area contributed by atoms with Crippen molar-refractivity contribution in [3.05, 3.63) is 64.8 Å². The van der Waals surface area contributed by atoms with Crippen molar-refractivity contribution in [3.8, 4) is 5.75 Å². The molecule has 0 saturated heterocycles. The van der Waals surface area contributed by atoms with E-state index in [4.69, 9.17) is 4.74 Å². The largest absolute Gasteiger partial charge is 0.488 e. The summed E-state index contributed by atoms with van der Waals surface area (Å²) >= 11 is 0. The monoisotopic (exact) mass is 446 g/mol. The van der Waals surface area contributed by atoms with Crippen molar-refractivity contribution < 1.29 is 37.4 Å². The highest BCUT2D eigenvalue weighted by Crippen LogP contribution is 2.41. The lowest BCUT2D eigenvalue weighted by atomic mass is 10.0. The van der Waals surface area contributed by atoms with Crippen molar-refractivity contribution in [1.82, 2.24) is 9.88 Å². The maximum absolute atomic E-state index is 12.6. The minimum Gasteiger partial charge on any atom is -0.488 e. The molecule has 0 spiro atoms. The molecule has 2 heterocycles. The number of carbonyl (C=O) groups is 3. The molecule has 2 atom stereocenters. The zero-order valence-corrected chi connectivity index (χ0v) is 16.4. The maximum atomic E-state index is 12.6. The van der Waals surface area contributed by atoms with Gasteiger partial charge in [0.05, 0.1) is 22.6 Å². The van der Waals surface area contributed by atoms with Crippen LogP contribution in [0.15, 0.2) is 42.5 Å². The van der Waals surface area contributed by atoms with Crippen molar-refractivity contribution >= 4 is 29.4 Å². The van der Waals surface area contributed by atoms with Gasteiger partial charge in [0.15, 0.2) is 6.29 Å². The highest BCUT2D eigenvalue weighted by molar-refractivity contribution is 6.05. The van der Waals surface area contributed by atoms with Crippen molar-refractivity contribution in [2.24, 2.45) is 0 Å². The van der Waals surface area contributed by atoms with Crippen LogP contribution in [0, 0.1) is 0 Å². The smallest absolute Gasteiger partial charge is 0.471 e. The Morgan fingerprint density at radius 1 is 1.19 bits per heavy atom. The van der Waals surface area contributed by atoms with E-state index in [0.717, 1.165) is 5.56 Å². The Kier molecular flexibility index (Phi) is 5.47. The number of benzene rings is 2. The van der Waals surface area contributed by atoms with E-state index in [0.29, 0.717) is 23.5 Å². The molecule has 2 N–H and O–H groups in total. The minimum absolute atomic E-state index is 0.0248. The van der Waals surface area contributed by atoms with Gasteiger partial charge >= 0.3 is 12.1 Å². The van der Waals surface area contributed by atoms with Crippen LogP contribution in [0.2, 0.25) is 0 Å². The van der Waals surface area contributed by atoms with Gasteiger partial charge in [0.25, 0.3) is 0 Å². The summed E-state index contributed by atoms with van der Waals surface area (Å²) in [6.07, 6.45) is -5.63. The number of rotatable bonds is 6. The van der Waals surface area contributed by atoms with Crippen LogP contribution in [-0.4, -0.2) is 40.4 Å². The Bertz CT molecular complexity index is 1200. The predicted octanol–water partition coefficient (Wildman–Crippen LogP) is 2.94. The lowest BCUT2D eigenvalue weighted by molar-refractivity contribution is -0.175. The SMILES string of the molecule is O=Cc1cc(OCc2ccccc2)c2c(C=O)c3n(c2c1)C[C@H](NC(=O)C(F)(F)F)[C@@H]3O. The van der Waals surface area contributed by atoms with Gasteiger partial charge in [-0.2, -0.15) is 13.2 Å². The molecule has 0 radical (unpaired) electrons. The molecule has 1 aliphatic rings. The molecule has 10 heteroatoms. The summed E-state index contributed by atoms with van der Waals surface area (Å²) in [5.74, 6) is -1.97. The topological polar surface area (TPSA) is 97.6 Å². The number of carbonyl (C=O) groups excluding carboxylic acids is 3. The Balaban J connectivity index is 1.76. The molecule has 0 saturated carbocycles. The second kappa shape index (κ2) is 8.12. The van der Waals surface area contributed by atoms with Crippen LogP contribution >= 0.6 is 0 Å². The van der Waals surface area contributed by atoms with Crippen molar-refractivity contribution in [1.29, 1.82) is 0 Å². The minimum atomic E-state index is -5.12. The van der Waals surface area contributed by atoms with Gasteiger partial charge in [0.2, 0.25) is 0 Å². The third-order valence-electron chi connectivity index (χ3n) is 5.34. The standard InChI is InChI=1S/C22H17F3N2O5/c23-22(24,25)21(31)26-15-8-27-16-6-13(9-28)7-17(32-11-12-4-2-1-3-5-12)18(16)14(10-29)19(27)20(15)30/h1-7,9-10,15,20,30H,8,11H2,(H,26,31)/t15-,20-/m0/s1. The molecular weight excluding hydrogens is 429 g/mol. The van der Waals surface area contributed by atoms with Gasteiger partial charge in [-0.15, -0.1) is 0 Å². The van der Waals surface area contributed by atoms with Gasteiger partial charge < -0.3 is 19.7 Å². The van der Waals surface area contributed by atoms with Crippen LogP contribution < -0.4 is 10.1 Å². The molecule has 4 rings (SSSR count). The van der Waals surface area contributed by atoms with E-state index in [9.17, 15) is 32.7 Å². The molecule has 2 aromatic carbocycles. The third-order valence-corrected chi connectivity index (χ3v) is 5.34. The summed E-state index contributed by atoms with van der Waals surface area (Å²) < 4.78 is 45.2. The Hall–Kier alpha value is -3.66. The average molecular weight is 446 g/mol. The Labute approximate surface area is 179 Å². The maximum Gasteiger partial charge on any atom is 0.471 e. The van der Waals surface area contributed by atoms with E-state index in [1.807, 2.05) is 30.3 Å². The molecule has 32 heavy (non-hydrogen) atoms. The van der Waals surface area contributed by atoms with Gasteiger partial charge in [-0.3, -0.25) is 14.4 Å². The van der Waals surface area contributed by atoms with Crippen molar-refractivity contribution in [2.45, 2.75) is 31.5 Å². The van der Waals surface area contributed by atoms with Crippen LogP contribution in [0.4, 0.5) is 13.2 Å². The van der Waals surface area contributed by atoms with E-state index in [1.165, 1.54) is 16.7 Å². The van der Waals surface area contributed by atoms with Crippen molar-refractivity contribution in [3.63, 3.8) is 0 Å². The number of hydrogen-bond acceptors (Lipinski definition) is 5. The summed E-state index contributed by atoms with van der Waals surface area (Å²) in [5, 5.41) is 12.7. The van der Waals surface area contributed by atoms with Crippen molar-refractivity contribution in [2.75, 3.05) is 0 Å². The zero-order chi connectivity index (χ0) is 23.0. The number of ether oxygens (including phenoxy) is 1. The lowest BCUT2D eigenvalue weighted by Gasteiger charge is -2.18. The highest BCUT2D eigenvalue weighted by Gasteiger charge is 2.44. The van der Waals surface area contributed by atoms with E-state index >= 15 is 0 Å². The lowest BCUT2D eigenvalue weighted by Crippen LogP contribution is -2.45. The molecule has 0 bridgehead atoms. The van der Waals surface area contributed by atoms with Crippen LogP contribution in [-0.2, 0) is 17.9 Å². The van der Waals surface area contributed by atoms with Gasteiger partial charge in [0, 0.05) is 17.7 Å². The second-order valence-electron chi connectivity index (χ2n) is 7.36. The van der Waals surface area contributed by atoms with E-state index in [-0.39, 0.29) is 35.7 Å². The quantitative estimate of drug-likeness (QED) is 0.568. The Morgan fingerprint density at radius 3 is 2.53 bits per heavy atom. The third kappa shape index (κ3) is 3.73. The van der Waals surface area contributed by atoms with Crippen LogP contribution in [0.25, 0.3) is 10.9 Å². The first-order chi connectivity index (χ1) is 15.2. The van der Waals surface area contributed by atoms with Gasteiger partial charge in [-0.25, -0.2) is 0 Å². The first-order valence-electron chi connectivity index (χ1n) is 9.57. The normalized spacial score (nSPS) is 17.8. The van der Waals surface area contributed by atoms with E-state index in [1.54, 1.807) is 5.32 Å².